The first-order chi connectivity index (χ1) is 9.59. The first-order valence-corrected chi connectivity index (χ1v) is 8.39. The van der Waals surface area contributed by atoms with Crippen LogP contribution in [-0.4, -0.2) is 28.7 Å². The number of benzene rings is 1. The number of halogens is 1. The van der Waals surface area contributed by atoms with E-state index < -0.39 is 5.97 Å². The van der Waals surface area contributed by atoms with Crippen LogP contribution < -0.4 is 4.74 Å². The second-order valence-corrected chi connectivity index (χ2v) is 7.16. The zero-order valence-corrected chi connectivity index (χ0v) is 12.7. The number of hydrogen-bond acceptors (Lipinski definition) is 3. The Labute approximate surface area is 127 Å². The molecule has 3 rings (SSSR count). The molecule has 1 aromatic carbocycles. The number of hydrogen-bond donors (Lipinski definition) is 1. The standard InChI is InChI=1S/C15H17ClO3S/c16-12-7-10(15(4-5-15)8-14(17)18)1-2-13(12)19-11-3-6-20-9-11/h1-2,7,11H,3-6,8-9H2,(H,17,18). The lowest BCUT2D eigenvalue weighted by Crippen LogP contribution is -2.16. The Hall–Kier alpha value is -0.870. The Balaban J connectivity index is 1.75. The van der Waals surface area contributed by atoms with Gasteiger partial charge < -0.3 is 9.84 Å². The third kappa shape index (κ3) is 2.91. The first-order valence-electron chi connectivity index (χ1n) is 6.85. The van der Waals surface area contributed by atoms with Crippen LogP contribution in [0.2, 0.25) is 5.02 Å². The lowest BCUT2D eigenvalue weighted by Gasteiger charge is -2.17. The topological polar surface area (TPSA) is 46.5 Å². The lowest BCUT2D eigenvalue weighted by atomic mass is 9.92. The Bertz CT molecular complexity index is 522. The van der Waals surface area contributed by atoms with Gasteiger partial charge in [0.15, 0.2) is 0 Å². The number of carboxylic acid groups (broad SMARTS) is 1. The van der Waals surface area contributed by atoms with E-state index in [9.17, 15) is 4.79 Å². The summed E-state index contributed by atoms with van der Waals surface area (Å²) in [5, 5.41) is 9.60. The van der Waals surface area contributed by atoms with E-state index in [2.05, 4.69) is 0 Å². The molecule has 2 fully saturated rings. The number of carbonyl (C=O) groups is 1. The Morgan fingerprint density at radius 1 is 1.50 bits per heavy atom. The van der Waals surface area contributed by atoms with Crippen LogP contribution in [0, 0.1) is 0 Å². The monoisotopic (exact) mass is 312 g/mol. The molecule has 0 spiro atoms. The molecular weight excluding hydrogens is 296 g/mol. The maximum Gasteiger partial charge on any atom is 0.304 e. The molecule has 3 nitrogen and oxygen atoms in total. The summed E-state index contributed by atoms with van der Waals surface area (Å²) in [4.78, 5) is 11.0. The van der Waals surface area contributed by atoms with Crippen molar-refractivity contribution in [1.82, 2.24) is 0 Å². The zero-order valence-electron chi connectivity index (χ0n) is 11.1. The van der Waals surface area contributed by atoms with Gasteiger partial charge in [0, 0.05) is 11.2 Å². The minimum absolute atomic E-state index is 0.183. The third-order valence-corrected chi connectivity index (χ3v) is 5.50. The van der Waals surface area contributed by atoms with Crippen molar-refractivity contribution in [3.63, 3.8) is 0 Å². The lowest BCUT2D eigenvalue weighted by molar-refractivity contribution is -0.137. The van der Waals surface area contributed by atoms with Crippen LogP contribution in [0.1, 0.15) is 31.2 Å². The van der Waals surface area contributed by atoms with Crippen molar-refractivity contribution in [2.24, 2.45) is 0 Å². The maximum atomic E-state index is 11.0. The molecule has 1 unspecified atom stereocenters. The van der Waals surface area contributed by atoms with Gasteiger partial charge in [0.1, 0.15) is 11.9 Å². The van der Waals surface area contributed by atoms with Crippen LogP contribution in [0.5, 0.6) is 5.75 Å². The fraction of sp³-hybridized carbons (Fsp3) is 0.533. The quantitative estimate of drug-likeness (QED) is 0.900. The summed E-state index contributed by atoms with van der Waals surface area (Å²) >= 11 is 8.20. The van der Waals surface area contributed by atoms with Gasteiger partial charge in [0.25, 0.3) is 0 Å². The van der Waals surface area contributed by atoms with Gasteiger partial charge in [-0.1, -0.05) is 17.7 Å². The van der Waals surface area contributed by atoms with E-state index in [1.165, 1.54) is 0 Å². The van der Waals surface area contributed by atoms with Crippen molar-refractivity contribution < 1.29 is 14.6 Å². The minimum Gasteiger partial charge on any atom is -0.488 e. The van der Waals surface area contributed by atoms with Crippen molar-refractivity contribution in [2.45, 2.75) is 37.2 Å². The Kier molecular flexibility index (Phi) is 3.87. The van der Waals surface area contributed by atoms with Crippen LogP contribution in [-0.2, 0) is 10.2 Å². The van der Waals surface area contributed by atoms with Crippen LogP contribution in [0.25, 0.3) is 0 Å². The average Bonchev–Trinajstić information content (AvgIpc) is 2.98. The van der Waals surface area contributed by atoms with E-state index in [1.54, 1.807) is 0 Å². The molecule has 0 amide bonds. The van der Waals surface area contributed by atoms with E-state index in [4.69, 9.17) is 21.4 Å². The number of carboxylic acids is 1. The van der Waals surface area contributed by atoms with Crippen molar-refractivity contribution in [3.8, 4) is 5.75 Å². The summed E-state index contributed by atoms with van der Waals surface area (Å²) in [6.07, 6.45) is 3.34. The molecule has 0 aromatic heterocycles. The Morgan fingerprint density at radius 2 is 2.30 bits per heavy atom. The summed E-state index contributed by atoms with van der Waals surface area (Å²) < 4.78 is 5.91. The highest BCUT2D eigenvalue weighted by atomic mass is 35.5. The highest BCUT2D eigenvalue weighted by Gasteiger charge is 2.46. The van der Waals surface area contributed by atoms with Crippen molar-refractivity contribution in [2.75, 3.05) is 11.5 Å². The molecule has 0 bridgehead atoms. The second kappa shape index (κ2) is 5.49. The van der Waals surface area contributed by atoms with Crippen molar-refractivity contribution in [1.29, 1.82) is 0 Å². The van der Waals surface area contributed by atoms with Gasteiger partial charge in [-0.2, -0.15) is 11.8 Å². The molecular formula is C15H17ClO3S. The van der Waals surface area contributed by atoms with Gasteiger partial charge in [-0.05, 0) is 42.7 Å². The molecule has 0 radical (unpaired) electrons. The molecule has 2 aliphatic rings. The van der Waals surface area contributed by atoms with Crippen LogP contribution in [0.3, 0.4) is 0 Å². The van der Waals surface area contributed by atoms with Gasteiger partial charge in [-0.25, -0.2) is 0 Å². The van der Waals surface area contributed by atoms with Crippen LogP contribution in [0.15, 0.2) is 18.2 Å². The third-order valence-electron chi connectivity index (χ3n) is 4.07. The van der Waals surface area contributed by atoms with Crippen molar-refractivity contribution >= 4 is 29.3 Å². The first kappa shape index (κ1) is 14.1. The van der Waals surface area contributed by atoms with Gasteiger partial charge in [-0.3, -0.25) is 4.79 Å². The van der Waals surface area contributed by atoms with Crippen LogP contribution in [0.4, 0.5) is 0 Å². The molecule has 5 heteroatoms. The molecule has 1 saturated carbocycles. The number of aliphatic carboxylic acids is 1. The normalized spacial score (nSPS) is 23.6. The minimum atomic E-state index is -0.748. The predicted octanol–water partition coefficient (Wildman–Crippen LogP) is 3.73. The molecule has 1 aliphatic carbocycles. The fourth-order valence-corrected chi connectivity index (χ4v) is 4.04. The summed E-state index contributed by atoms with van der Waals surface area (Å²) in [7, 11) is 0. The smallest absolute Gasteiger partial charge is 0.304 e. The summed E-state index contributed by atoms with van der Waals surface area (Å²) in [6, 6.07) is 5.75. The van der Waals surface area contributed by atoms with E-state index in [0.29, 0.717) is 10.8 Å². The molecule has 1 aromatic rings. The molecule has 1 N–H and O–H groups in total. The number of ether oxygens (including phenoxy) is 1. The van der Waals surface area contributed by atoms with Gasteiger partial charge in [0.2, 0.25) is 0 Å². The van der Waals surface area contributed by atoms with Crippen LogP contribution >= 0.6 is 23.4 Å². The summed E-state index contributed by atoms with van der Waals surface area (Å²) in [5.74, 6) is 2.12. The summed E-state index contributed by atoms with van der Waals surface area (Å²) in [5.41, 5.74) is 0.829. The maximum absolute atomic E-state index is 11.0. The van der Waals surface area contributed by atoms with Gasteiger partial charge in [-0.15, -0.1) is 0 Å². The fourth-order valence-electron chi connectivity index (χ4n) is 2.72. The highest BCUT2D eigenvalue weighted by Crippen LogP contribution is 2.52. The highest BCUT2D eigenvalue weighted by molar-refractivity contribution is 7.99. The number of rotatable bonds is 5. The SMILES string of the molecule is O=C(O)CC1(c2ccc(OC3CCSC3)c(Cl)c2)CC1. The molecule has 20 heavy (non-hydrogen) atoms. The average molecular weight is 313 g/mol. The number of thioether (sulfide) groups is 1. The molecule has 108 valence electrons. The molecule has 1 saturated heterocycles. The molecule has 1 aliphatic heterocycles. The predicted molar refractivity (Wildman–Crippen MR) is 81.0 cm³/mol. The van der Waals surface area contributed by atoms with Gasteiger partial charge >= 0.3 is 5.97 Å². The summed E-state index contributed by atoms with van der Waals surface area (Å²) in [6.45, 7) is 0. The molecule has 1 atom stereocenters. The molecule has 1 heterocycles. The largest absolute Gasteiger partial charge is 0.488 e. The van der Waals surface area contributed by atoms with Gasteiger partial charge in [0.05, 0.1) is 11.4 Å². The second-order valence-electron chi connectivity index (χ2n) is 5.60. The Morgan fingerprint density at radius 3 is 2.85 bits per heavy atom. The van der Waals surface area contributed by atoms with E-state index in [1.807, 2.05) is 30.0 Å². The van der Waals surface area contributed by atoms with E-state index >= 15 is 0 Å². The van der Waals surface area contributed by atoms with Crippen molar-refractivity contribution in [3.05, 3.63) is 28.8 Å². The van der Waals surface area contributed by atoms with E-state index in [-0.39, 0.29) is 17.9 Å². The van der Waals surface area contributed by atoms with E-state index in [0.717, 1.165) is 36.3 Å². The zero-order chi connectivity index (χ0) is 14.2.